The zero-order valence-corrected chi connectivity index (χ0v) is 22.8. The highest BCUT2D eigenvalue weighted by molar-refractivity contribution is 6.02. The van der Waals surface area contributed by atoms with E-state index in [0.29, 0.717) is 6.54 Å². The van der Waals surface area contributed by atoms with Crippen LogP contribution in [0.4, 0.5) is 4.79 Å². The standard InChI is InChI=1S/C29H34N8O4/c1-17-22(41-28(40)32-14-20(18-8-4-2-5-9-18)19-10-6-3-7-11-19)16-37-27(31)33-21(15-36-23(38)12-13-24(36)39)25-29(17,37)35-26(30)34-25/h2-11,17,20-22,25H,12-16H2,1H3,(H2,31,33)(H,32,40)(H3,30,34,35)/t17-,21?,22+,25?,29?/m1/s1. The average Bonchev–Trinajstić information content (AvgIpc) is 3.59. The Kier molecular flexibility index (Phi) is 6.76. The molecular weight excluding hydrogens is 524 g/mol. The number of hydrogen-bond acceptors (Lipinski definition) is 10. The summed E-state index contributed by atoms with van der Waals surface area (Å²) in [5.41, 5.74) is 13.9. The maximum Gasteiger partial charge on any atom is 0.407 e. The van der Waals surface area contributed by atoms with E-state index in [0.717, 1.165) is 11.1 Å². The van der Waals surface area contributed by atoms with Crippen molar-refractivity contribution in [1.82, 2.24) is 20.4 Å². The molecule has 0 radical (unpaired) electrons. The van der Waals surface area contributed by atoms with Crippen molar-refractivity contribution in [2.45, 2.75) is 49.5 Å². The number of carbonyl (C=O) groups excluding carboxylic acids is 3. The lowest BCUT2D eigenvalue weighted by Gasteiger charge is -2.47. The molecule has 5 atom stereocenters. The zero-order chi connectivity index (χ0) is 28.7. The number of nitrogens with one attached hydrogen (secondary N) is 2. The van der Waals surface area contributed by atoms with Gasteiger partial charge in [-0.15, -0.1) is 0 Å². The normalized spacial score (nSPS) is 28.6. The Morgan fingerprint density at radius 2 is 1.66 bits per heavy atom. The molecule has 41 heavy (non-hydrogen) atoms. The van der Waals surface area contributed by atoms with Gasteiger partial charge in [-0.1, -0.05) is 67.6 Å². The van der Waals surface area contributed by atoms with Gasteiger partial charge in [0.05, 0.1) is 19.1 Å². The molecule has 1 spiro atoms. The highest BCUT2D eigenvalue weighted by atomic mass is 16.6. The van der Waals surface area contributed by atoms with Crippen molar-refractivity contribution < 1.29 is 19.1 Å². The highest BCUT2D eigenvalue weighted by Crippen LogP contribution is 2.44. The van der Waals surface area contributed by atoms with E-state index in [1.54, 1.807) is 0 Å². The maximum absolute atomic E-state index is 13.2. The van der Waals surface area contributed by atoms with E-state index in [2.05, 4.69) is 20.6 Å². The summed E-state index contributed by atoms with van der Waals surface area (Å²) in [4.78, 5) is 50.1. The number of nitrogens with two attached hydrogens (primary N) is 2. The number of benzene rings is 2. The lowest BCUT2D eigenvalue weighted by atomic mass is 9.83. The molecule has 3 unspecified atom stereocenters. The second-order valence-corrected chi connectivity index (χ2v) is 11.0. The van der Waals surface area contributed by atoms with Gasteiger partial charge in [-0.2, -0.15) is 0 Å². The lowest BCUT2D eigenvalue weighted by Crippen LogP contribution is -2.71. The van der Waals surface area contributed by atoms with Crippen LogP contribution in [-0.2, 0) is 14.3 Å². The highest BCUT2D eigenvalue weighted by Gasteiger charge is 2.65. The van der Waals surface area contributed by atoms with Crippen molar-refractivity contribution in [2.75, 3.05) is 19.6 Å². The topological polar surface area (TPSA) is 168 Å². The molecule has 4 aliphatic heterocycles. The minimum absolute atomic E-state index is 0.0514. The molecule has 2 saturated heterocycles. The van der Waals surface area contributed by atoms with Crippen molar-refractivity contribution in [3.05, 3.63) is 71.8 Å². The minimum Gasteiger partial charge on any atom is -0.444 e. The van der Waals surface area contributed by atoms with Crippen LogP contribution in [0.2, 0.25) is 0 Å². The SMILES string of the molecule is C[C@@H]1[C@@H](OC(=O)NCC(c2ccccc2)c2ccccc2)CN2C(N)=NC(CN3C(=O)CCC3=O)C3N=C(N)NC312. The molecule has 0 aromatic heterocycles. The number of imide groups is 1. The molecule has 0 aliphatic carbocycles. The van der Waals surface area contributed by atoms with Crippen molar-refractivity contribution in [3.8, 4) is 0 Å². The lowest BCUT2D eigenvalue weighted by molar-refractivity contribution is -0.138. The number of carbonyl (C=O) groups is 3. The molecule has 2 fully saturated rings. The van der Waals surface area contributed by atoms with Gasteiger partial charge in [0.25, 0.3) is 0 Å². The summed E-state index contributed by atoms with van der Waals surface area (Å²) < 4.78 is 5.97. The first-order valence-electron chi connectivity index (χ1n) is 13.9. The van der Waals surface area contributed by atoms with Crippen LogP contribution in [0.15, 0.2) is 70.6 Å². The van der Waals surface area contributed by atoms with Gasteiger partial charge in [0.1, 0.15) is 17.8 Å². The molecule has 6 rings (SSSR count). The molecule has 4 heterocycles. The Bertz CT molecular complexity index is 1340. The van der Waals surface area contributed by atoms with E-state index >= 15 is 0 Å². The van der Waals surface area contributed by atoms with E-state index in [1.807, 2.05) is 72.5 Å². The second-order valence-electron chi connectivity index (χ2n) is 11.0. The van der Waals surface area contributed by atoms with E-state index in [1.165, 1.54) is 4.90 Å². The number of rotatable bonds is 7. The van der Waals surface area contributed by atoms with Crippen LogP contribution in [-0.4, -0.2) is 83.1 Å². The smallest absolute Gasteiger partial charge is 0.407 e. The van der Waals surface area contributed by atoms with Gasteiger partial charge in [0.15, 0.2) is 11.9 Å². The molecule has 0 bridgehead atoms. The van der Waals surface area contributed by atoms with E-state index < -0.39 is 29.9 Å². The fourth-order valence-corrected chi connectivity index (χ4v) is 6.62. The molecule has 2 aromatic rings. The summed E-state index contributed by atoms with van der Waals surface area (Å²) in [6.07, 6.45) is -0.723. The van der Waals surface area contributed by atoms with Crippen molar-refractivity contribution in [2.24, 2.45) is 27.4 Å². The number of likely N-dealkylation sites (tertiary alicyclic amines) is 1. The van der Waals surface area contributed by atoms with Crippen LogP contribution >= 0.6 is 0 Å². The van der Waals surface area contributed by atoms with Crippen LogP contribution in [0.1, 0.15) is 36.8 Å². The van der Waals surface area contributed by atoms with E-state index in [4.69, 9.17) is 16.2 Å². The third kappa shape index (κ3) is 4.62. The number of nitrogens with zero attached hydrogens (tertiary/aromatic N) is 4. The average molecular weight is 559 g/mol. The van der Waals surface area contributed by atoms with Crippen LogP contribution in [0.5, 0.6) is 0 Å². The quantitative estimate of drug-likeness (QED) is 0.360. The van der Waals surface area contributed by atoms with Gasteiger partial charge in [0, 0.05) is 31.2 Å². The molecule has 6 N–H and O–H groups in total. The summed E-state index contributed by atoms with van der Waals surface area (Å²) in [6.45, 7) is 2.65. The molecular formula is C29H34N8O4. The molecule has 2 aromatic carbocycles. The van der Waals surface area contributed by atoms with E-state index in [-0.39, 0.29) is 61.5 Å². The molecule has 3 amide bonds. The third-order valence-electron chi connectivity index (χ3n) is 8.69. The predicted octanol–water partition coefficient (Wildman–Crippen LogP) is 0.694. The fraction of sp³-hybridized carbons (Fsp3) is 0.414. The number of alkyl carbamates (subject to hydrolysis) is 1. The summed E-state index contributed by atoms with van der Waals surface area (Å²) in [5.74, 6) is -0.392. The Morgan fingerprint density at radius 1 is 1.05 bits per heavy atom. The van der Waals surface area contributed by atoms with Crippen LogP contribution in [0, 0.1) is 5.92 Å². The monoisotopic (exact) mass is 558 g/mol. The van der Waals surface area contributed by atoms with Crippen LogP contribution < -0.4 is 22.1 Å². The number of guanidine groups is 2. The predicted molar refractivity (Wildman–Crippen MR) is 152 cm³/mol. The summed E-state index contributed by atoms with van der Waals surface area (Å²) in [7, 11) is 0. The largest absolute Gasteiger partial charge is 0.444 e. The number of amides is 3. The summed E-state index contributed by atoms with van der Waals surface area (Å²) in [5, 5.41) is 6.23. The number of ether oxygens (including phenoxy) is 1. The first-order valence-corrected chi connectivity index (χ1v) is 13.9. The van der Waals surface area contributed by atoms with Gasteiger partial charge in [-0.05, 0) is 11.1 Å². The van der Waals surface area contributed by atoms with Crippen molar-refractivity contribution in [3.63, 3.8) is 0 Å². The fourth-order valence-electron chi connectivity index (χ4n) is 6.62. The Balaban J connectivity index is 1.17. The van der Waals surface area contributed by atoms with Gasteiger partial charge in [0.2, 0.25) is 11.8 Å². The third-order valence-corrected chi connectivity index (χ3v) is 8.69. The van der Waals surface area contributed by atoms with E-state index in [9.17, 15) is 14.4 Å². The van der Waals surface area contributed by atoms with Gasteiger partial charge in [-0.25, -0.2) is 14.8 Å². The number of hydrogen-bond donors (Lipinski definition) is 4. The molecule has 12 nitrogen and oxygen atoms in total. The Hall–Kier alpha value is -4.61. The number of aliphatic imine (C=N–C) groups is 2. The van der Waals surface area contributed by atoms with Crippen molar-refractivity contribution >= 4 is 29.8 Å². The maximum atomic E-state index is 13.2. The molecule has 0 saturated carbocycles. The van der Waals surface area contributed by atoms with Crippen molar-refractivity contribution in [1.29, 1.82) is 0 Å². The Morgan fingerprint density at radius 3 is 2.27 bits per heavy atom. The second kappa shape index (κ2) is 10.4. The molecule has 214 valence electrons. The zero-order valence-electron chi connectivity index (χ0n) is 22.8. The van der Waals surface area contributed by atoms with Crippen LogP contribution in [0.3, 0.4) is 0 Å². The molecule has 4 aliphatic rings. The summed E-state index contributed by atoms with van der Waals surface area (Å²) in [6, 6.07) is 18.9. The molecule has 12 heteroatoms. The minimum atomic E-state index is -0.909. The van der Waals surface area contributed by atoms with Crippen LogP contribution in [0.25, 0.3) is 0 Å². The van der Waals surface area contributed by atoms with Gasteiger partial charge in [-0.3, -0.25) is 14.5 Å². The Labute approximate surface area is 237 Å². The first kappa shape index (κ1) is 26.6. The van der Waals surface area contributed by atoms with Gasteiger partial charge < -0.3 is 31.7 Å². The first-order chi connectivity index (χ1) is 19.8. The summed E-state index contributed by atoms with van der Waals surface area (Å²) >= 11 is 0. The van der Waals surface area contributed by atoms with Gasteiger partial charge >= 0.3 is 6.09 Å².